The van der Waals surface area contributed by atoms with Crippen LogP contribution in [0, 0.1) is 5.82 Å². The fourth-order valence-corrected chi connectivity index (χ4v) is 1.97. The van der Waals surface area contributed by atoms with Crippen LogP contribution in [0.5, 0.6) is 11.5 Å². The number of carbonyl (C=O) groups is 1. The first-order chi connectivity index (χ1) is 10.5. The third kappa shape index (κ3) is 3.85. The van der Waals surface area contributed by atoms with Gasteiger partial charge in [0.15, 0.2) is 11.6 Å². The summed E-state index contributed by atoms with van der Waals surface area (Å²) in [6, 6.07) is 11.5. The molecule has 0 spiro atoms. The fourth-order valence-electron chi connectivity index (χ4n) is 1.97. The quantitative estimate of drug-likeness (QED) is 0.735. The van der Waals surface area contributed by atoms with Crippen molar-refractivity contribution in [2.24, 2.45) is 0 Å². The van der Waals surface area contributed by atoms with Crippen LogP contribution in [0.15, 0.2) is 42.5 Å². The number of hydrogen-bond acceptors (Lipinski definition) is 3. The molecule has 2 rings (SSSR count). The number of hydrogen-bond donors (Lipinski definition) is 0. The van der Waals surface area contributed by atoms with E-state index in [1.165, 1.54) is 17.7 Å². The molecule has 4 heteroatoms. The van der Waals surface area contributed by atoms with Crippen LogP contribution in [0.25, 0.3) is 0 Å². The number of carbonyl (C=O) groups excluding carboxylic acids is 1. The van der Waals surface area contributed by atoms with Gasteiger partial charge in [-0.15, -0.1) is 0 Å². The number of benzene rings is 2. The van der Waals surface area contributed by atoms with Crippen LogP contribution in [-0.2, 0) is 4.74 Å². The lowest BCUT2D eigenvalue weighted by molar-refractivity contribution is 0.0525. The fraction of sp³-hybridized carbons (Fsp3) is 0.278. The zero-order valence-electron chi connectivity index (χ0n) is 12.9. The average molecular weight is 302 g/mol. The summed E-state index contributed by atoms with van der Waals surface area (Å²) in [6.45, 7) is 6.15. The van der Waals surface area contributed by atoms with Gasteiger partial charge in [-0.25, -0.2) is 9.18 Å². The molecular formula is C18H19FO3. The lowest BCUT2D eigenvalue weighted by Gasteiger charge is -2.10. The number of rotatable bonds is 5. The molecule has 2 aromatic rings. The van der Waals surface area contributed by atoms with E-state index >= 15 is 0 Å². The van der Waals surface area contributed by atoms with Crippen molar-refractivity contribution in [2.45, 2.75) is 26.7 Å². The number of esters is 1. The molecule has 0 unspecified atom stereocenters. The number of ether oxygens (including phenoxy) is 2. The second-order valence-corrected chi connectivity index (χ2v) is 5.19. The Kier molecular flexibility index (Phi) is 5.15. The van der Waals surface area contributed by atoms with Crippen LogP contribution in [-0.4, -0.2) is 12.6 Å². The van der Waals surface area contributed by atoms with E-state index in [2.05, 4.69) is 13.8 Å². The maximum Gasteiger partial charge on any atom is 0.338 e. The van der Waals surface area contributed by atoms with Gasteiger partial charge in [-0.1, -0.05) is 26.0 Å². The van der Waals surface area contributed by atoms with E-state index < -0.39 is 11.8 Å². The smallest absolute Gasteiger partial charge is 0.338 e. The summed E-state index contributed by atoms with van der Waals surface area (Å²) in [4.78, 5) is 11.5. The van der Waals surface area contributed by atoms with Gasteiger partial charge < -0.3 is 9.47 Å². The molecule has 0 atom stereocenters. The van der Waals surface area contributed by atoms with E-state index in [0.717, 1.165) is 6.07 Å². The Labute approximate surface area is 129 Å². The molecule has 0 aliphatic rings. The van der Waals surface area contributed by atoms with Crippen LogP contribution in [0.1, 0.15) is 42.6 Å². The van der Waals surface area contributed by atoms with E-state index in [1.54, 1.807) is 19.1 Å². The molecule has 2 aromatic carbocycles. The van der Waals surface area contributed by atoms with Gasteiger partial charge in [-0.05, 0) is 48.7 Å². The van der Waals surface area contributed by atoms with Crippen molar-refractivity contribution in [1.29, 1.82) is 0 Å². The molecule has 116 valence electrons. The third-order valence-corrected chi connectivity index (χ3v) is 3.22. The molecule has 0 radical (unpaired) electrons. The zero-order chi connectivity index (χ0) is 16.1. The third-order valence-electron chi connectivity index (χ3n) is 3.22. The Morgan fingerprint density at radius 2 is 1.82 bits per heavy atom. The molecule has 0 heterocycles. The van der Waals surface area contributed by atoms with E-state index in [9.17, 15) is 9.18 Å². The van der Waals surface area contributed by atoms with Crippen LogP contribution in [0.4, 0.5) is 4.39 Å². The predicted octanol–water partition coefficient (Wildman–Crippen LogP) is 4.92. The van der Waals surface area contributed by atoms with Crippen LogP contribution >= 0.6 is 0 Å². The summed E-state index contributed by atoms with van der Waals surface area (Å²) in [7, 11) is 0. The Hall–Kier alpha value is -2.36. The molecule has 0 aromatic heterocycles. The summed E-state index contributed by atoms with van der Waals surface area (Å²) >= 11 is 0. The molecule has 0 saturated heterocycles. The lowest BCUT2D eigenvalue weighted by atomic mass is 10.0. The Balaban J connectivity index is 2.14. The SMILES string of the molecule is CCOC(=O)c1ccc(Oc2ccc(C(C)C)cc2)c(F)c1. The topological polar surface area (TPSA) is 35.5 Å². The largest absolute Gasteiger partial charge is 0.462 e. The zero-order valence-corrected chi connectivity index (χ0v) is 12.9. The Bertz CT molecular complexity index is 648. The number of halogens is 1. The highest BCUT2D eigenvalue weighted by atomic mass is 19.1. The van der Waals surface area contributed by atoms with E-state index in [-0.39, 0.29) is 17.9 Å². The molecule has 0 amide bonds. The predicted molar refractivity (Wildman–Crippen MR) is 83.0 cm³/mol. The van der Waals surface area contributed by atoms with Crippen molar-refractivity contribution in [3.8, 4) is 11.5 Å². The van der Waals surface area contributed by atoms with Crippen molar-refractivity contribution < 1.29 is 18.7 Å². The second-order valence-electron chi connectivity index (χ2n) is 5.19. The van der Waals surface area contributed by atoms with Crippen molar-refractivity contribution in [2.75, 3.05) is 6.61 Å². The van der Waals surface area contributed by atoms with Crippen molar-refractivity contribution >= 4 is 5.97 Å². The van der Waals surface area contributed by atoms with Crippen molar-refractivity contribution in [3.05, 3.63) is 59.4 Å². The lowest BCUT2D eigenvalue weighted by Crippen LogP contribution is -2.05. The van der Waals surface area contributed by atoms with E-state index in [1.807, 2.05) is 12.1 Å². The van der Waals surface area contributed by atoms with Crippen LogP contribution in [0.2, 0.25) is 0 Å². The maximum absolute atomic E-state index is 14.0. The summed E-state index contributed by atoms with van der Waals surface area (Å²) < 4.78 is 24.4. The van der Waals surface area contributed by atoms with Crippen molar-refractivity contribution in [1.82, 2.24) is 0 Å². The van der Waals surface area contributed by atoms with Gasteiger partial charge in [0.05, 0.1) is 12.2 Å². The van der Waals surface area contributed by atoms with Gasteiger partial charge in [0.2, 0.25) is 0 Å². The minimum atomic E-state index is -0.599. The molecule has 0 N–H and O–H groups in total. The monoisotopic (exact) mass is 302 g/mol. The first-order valence-electron chi connectivity index (χ1n) is 7.25. The average Bonchev–Trinajstić information content (AvgIpc) is 2.50. The maximum atomic E-state index is 14.0. The summed E-state index contributed by atoms with van der Waals surface area (Å²) in [5, 5.41) is 0. The van der Waals surface area contributed by atoms with Gasteiger partial charge in [0.25, 0.3) is 0 Å². The normalized spacial score (nSPS) is 10.6. The highest BCUT2D eigenvalue weighted by Crippen LogP contribution is 2.27. The minimum Gasteiger partial charge on any atom is -0.462 e. The summed E-state index contributed by atoms with van der Waals surface area (Å²) in [6.07, 6.45) is 0. The molecule has 22 heavy (non-hydrogen) atoms. The molecular weight excluding hydrogens is 283 g/mol. The minimum absolute atomic E-state index is 0.0744. The molecule has 0 bridgehead atoms. The van der Waals surface area contributed by atoms with Gasteiger partial charge >= 0.3 is 5.97 Å². The van der Waals surface area contributed by atoms with E-state index in [0.29, 0.717) is 11.7 Å². The van der Waals surface area contributed by atoms with Gasteiger partial charge in [-0.2, -0.15) is 0 Å². The Morgan fingerprint density at radius 1 is 1.14 bits per heavy atom. The van der Waals surface area contributed by atoms with Gasteiger partial charge in [0.1, 0.15) is 5.75 Å². The van der Waals surface area contributed by atoms with Crippen LogP contribution < -0.4 is 4.74 Å². The summed E-state index contributed by atoms with van der Waals surface area (Å²) in [5.41, 5.74) is 1.35. The molecule has 0 aliphatic carbocycles. The molecule has 3 nitrogen and oxygen atoms in total. The first kappa shape index (κ1) is 16.0. The standard InChI is InChI=1S/C18H19FO3/c1-4-21-18(20)14-7-10-17(16(19)11-14)22-15-8-5-13(6-9-15)12(2)3/h5-12H,4H2,1-3H3. The molecule has 0 fully saturated rings. The van der Waals surface area contributed by atoms with Gasteiger partial charge in [-0.3, -0.25) is 0 Å². The first-order valence-corrected chi connectivity index (χ1v) is 7.25. The summed E-state index contributed by atoms with van der Waals surface area (Å²) in [5.74, 6) is -0.0973. The highest BCUT2D eigenvalue weighted by molar-refractivity contribution is 5.89. The van der Waals surface area contributed by atoms with Crippen LogP contribution in [0.3, 0.4) is 0 Å². The second kappa shape index (κ2) is 7.07. The van der Waals surface area contributed by atoms with Crippen molar-refractivity contribution in [3.63, 3.8) is 0 Å². The molecule has 0 saturated carbocycles. The Morgan fingerprint density at radius 3 is 2.36 bits per heavy atom. The molecule has 0 aliphatic heterocycles. The highest BCUT2D eigenvalue weighted by Gasteiger charge is 2.12. The van der Waals surface area contributed by atoms with Gasteiger partial charge in [0, 0.05) is 0 Å². The van der Waals surface area contributed by atoms with E-state index in [4.69, 9.17) is 9.47 Å².